The van der Waals surface area contributed by atoms with E-state index in [1.54, 1.807) is 16.7 Å². The average Bonchev–Trinajstić information content (AvgIpc) is 2.72. The first-order valence-electron chi connectivity index (χ1n) is 10.5. The van der Waals surface area contributed by atoms with Gasteiger partial charge in [-0.3, -0.25) is 4.79 Å². The molecule has 0 aliphatic carbocycles. The molecule has 2 aromatic rings. The van der Waals surface area contributed by atoms with Gasteiger partial charge in [-0.25, -0.2) is 4.99 Å². The number of guanidine groups is 1. The maximum absolute atomic E-state index is 11.7. The number of hydrogen-bond acceptors (Lipinski definition) is 3. The van der Waals surface area contributed by atoms with Gasteiger partial charge < -0.3 is 19.9 Å². The van der Waals surface area contributed by atoms with Crippen LogP contribution in [0.15, 0.2) is 52.4 Å². The summed E-state index contributed by atoms with van der Waals surface area (Å²) in [5.41, 5.74) is 2.32. The third-order valence-corrected chi connectivity index (χ3v) is 4.45. The third kappa shape index (κ3) is 8.02. The number of aliphatic imine (C=N–C) groups is 1. The smallest absolute Gasteiger partial charge is 0.250 e. The van der Waals surface area contributed by atoms with Crippen LogP contribution in [0.2, 0.25) is 0 Å². The average molecular weight is 399 g/mol. The van der Waals surface area contributed by atoms with E-state index in [0.717, 1.165) is 56.2 Å². The highest BCUT2D eigenvalue weighted by Gasteiger charge is 2.05. The summed E-state index contributed by atoms with van der Waals surface area (Å²) in [4.78, 5) is 16.4. The summed E-state index contributed by atoms with van der Waals surface area (Å²) in [5, 5.41) is 6.66. The number of hydrogen-bond donors (Lipinski definition) is 2. The molecule has 0 aliphatic rings. The zero-order valence-corrected chi connectivity index (χ0v) is 17.9. The number of nitrogens with one attached hydrogen (secondary N) is 2. The Morgan fingerprint density at radius 1 is 1.14 bits per heavy atom. The summed E-state index contributed by atoms with van der Waals surface area (Å²) in [6.45, 7) is 9.85. The van der Waals surface area contributed by atoms with Gasteiger partial charge in [0, 0.05) is 37.5 Å². The number of unbranched alkanes of at least 4 members (excludes halogenated alkanes) is 1. The lowest BCUT2D eigenvalue weighted by molar-refractivity contribution is 0.314. The van der Waals surface area contributed by atoms with E-state index in [9.17, 15) is 4.79 Å². The minimum Gasteiger partial charge on any atom is -0.493 e. The highest BCUT2D eigenvalue weighted by molar-refractivity contribution is 5.79. The quantitative estimate of drug-likeness (QED) is 0.345. The van der Waals surface area contributed by atoms with Crippen molar-refractivity contribution >= 4 is 5.96 Å². The molecule has 2 N–H and O–H groups in total. The summed E-state index contributed by atoms with van der Waals surface area (Å²) < 4.78 is 7.63. The first kappa shape index (κ1) is 22.5. The molecule has 2 rings (SSSR count). The van der Waals surface area contributed by atoms with E-state index in [1.165, 1.54) is 5.56 Å². The van der Waals surface area contributed by atoms with Crippen LogP contribution in [0.5, 0.6) is 5.75 Å². The van der Waals surface area contributed by atoms with Crippen molar-refractivity contribution in [3.05, 3.63) is 64.1 Å². The van der Waals surface area contributed by atoms with Gasteiger partial charge in [0.15, 0.2) is 5.96 Å². The van der Waals surface area contributed by atoms with Crippen LogP contribution in [0, 0.1) is 6.92 Å². The van der Waals surface area contributed by atoms with Crippen LogP contribution in [-0.4, -0.2) is 30.2 Å². The fourth-order valence-corrected chi connectivity index (χ4v) is 2.90. The minimum atomic E-state index is 0.0505. The second-order valence-corrected chi connectivity index (χ2v) is 7.02. The molecule has 0 radical (unpaired) electrons. The van der Waals surface area contributed by atoms with Gasteiger partial charge in [-0.1, -0.05) is 25.1 Å². The highest BCUT2D eigenvalue weighted by Crippen LogP contribution is 2.21. The van der Waals surface area contributed by atoms with Crippen LogP contribution < -0.4 is 20.9 Å². The van der Waals surface area contributed by atoms with Gasteiger partial charge >= 0.3 is 0 Å². The Morgan fingerprint density at radius 2 is 2.00 bits per heavy atom. The summed E-state index contributed by atoms with van der Waals surface area (Å²) in [7, 11) is 0. The number of nitrogens with zero attached hydrogens (tertiary/aromatic N) is 2. The summed E-state index contributed by atoms with van der Waals surface area (Å²) in [5.74, 6) is 1.71. The van der Waals surface area contributed by atoms with Crippen molar-refractivity contribution < 1.29 is 4.74 Å². The zero-order chi connectivity index (χ0) is 20.9. The largest absolute Gasteiger partial charge is 0.493 e. The molecule has 0 saturated heterocycles. The molecule has 0 fully saturated rings. The molecular formula is C23H34N4O2. The van der Waals surface area contributed by atoms with Gasteiger partial charge in [-0.2, -0.15) is 0 Å². The lowest BCUT2D eigenvalue weighted by Crippen LogP contribution is -2.37. The normalized spacial score (nSPS) is 11.3. The molecule has 0 unspecified atom stereocenters. The molecular weight excluding hydrogens is 364 g/mol. The van der Waals surface area contributed by atoms with E-state index in [4.69, 9.17) is 9.73 Å². The maximum atomic E-state index is 11.7. The first-order chi connectivity index (χ1) is 14.1. The predicted molar refractivity (Wildman–Crippen MR) is 120 cm³/mol. The lowest BCUT2D eigenvalue weighted by Gasteiger charge is -2.13. The van der Waals surface area contributed by atoms with Crippen LogP contribution >= 0.6 is 0 Å². The standard InChI is InChI=1S/C23H34N4O2/c1-4-16-29-21-17-19(3)11-12-20(21)18-26-23(24-5-2)25-13-7-9-15-27-14-8-6-10-22(27)28/h6,8,10-12,14,17H,4-5,7,9,13,15-16,18H2,1-3H3,(H2,24,25,26). The summed E-state index contributed by atoms with van der Waals surface area (Å²) in [6, 6.07) is 11.5. The van der Waals surface area contributed by atoms with Crippen molar-refractivity contribution in [3.63, 3.8) is 0 Å². The van der Waals surface area contributed by atoms with Crippen molar-refractivity contribution in [1.82, 2.24) is 15.2 Å². The molecule has 1 aromatic carbocycles. The summed E-state index contributed by atoms with van der Waals surface area (Å²) >= 11 is 0. The molecule has 0 bridgehead atoms. The minimum absolute atomic E-state index is 0.0505. The van der Waals surface area contributed by atoms with Crippen LogP contribution in [0.25, 0.3) is 0 Å². The van der Waals surface area contributed by atoms with Crippen LogP contribution in [0.4, 0.5) is 0 Å². The Morgan fingerprint density at radius 3 is 2.76 bits per heavy atom. The number of benzene rings is 1. The molecule has 0 spiro atoms. The molecule has 0 aliphatic heterocycles. The fourth-order valence-electron chi connectivity index (χ4n) is 2.90. The molecule has 1 aromatic heterocycles. The van der Waals surface area contributed by atoms with Crippen molar-refractivity contribution in [2.24, 2.45) is 4.99 Å². The third-order valence-electron chi connectivity index (χ3n) is 4.45. The first-order valence-corrected chi connectivity index (χ1v) is 10.5. The molecule has 0 saturated carbocycles. The zero-order valence-electron chi connectivity index (χ0n) is 17.9. The Labute approximate surface area is 174 Å². The van der Waals surface area contributed by atoms with Gasteiger partial charge in [0.25, 0.3) is 0 Å². The molecule has 29 heavy (non-hydrogen) atoms. The number of pyridine rings is 1. The van der Waals surface area contributed by atoms with Crippen LogP contribution in [0.3, 0.4) is 0 Å². The van der Waals surface area contributed by atoms with E-state index in [2.05, 4.69) is 49.6 Å². The molecule has 0 atom stereocenters. The van der Waals surface area contributed by atoms with Gasteiger partial charge in [-0.15, -0.1) is 0 Å². The Kier molecular flexibility index (Phi) is 9.83. The lowest BCUT2D eigenvalue weighted by atomic mass is 10.1. The second kappa shape index (κ2) is 12.6. The van der Waals surface area contributed by atoms with Crippen molar-refractivity contribution in [3.8, 4) is 5.75 Å². The molecule has 6 nitrogen and oxygen atoms in total. The van der Waals surface area contributed by atoms with E-state index >= 15 is 0 Å². The molecule has 158 valence electrons. The van der Waals surface area contributed by atoms with Gasteiger partial charge in [0.2, 0.25) is 5.56 Å². The molecule has 0 amide bonds. The second-order valence-electron chi connectivity index (χ2n) is 7.02. The monoisotopic (exact) mass is 398 g/mol. The van der Waals surface area contributed by atoms with Crippen molar-refractivity contribution in [1.29, 1.82) is 0 Å². The topological polar surface area (TPSA) is 67.7 Å². The van der Waals surface area contributed by atoms with E-state index in [1.807, 2.05) is 12.3 Å². The number of ether oxygens (including phenoxy) is 1. The SMILES string of the molecule is CCCOc1cc(C)ccc1CN=C(NCC)NCCCCn1ccccc1=O. The maximum Gasteiger partial charge on any atom is 0.250 e. The van der Waals surface area contributed by atoms with Gasteiger partial charge in [-0.05, 0) is 50.8 Å². The van der Waals surface area contributed by atoms with Crippen LogP contribution in [-0.2, 0) is 13.1 Å². The summed E-state index contributed by atoms with van der Waals surface area (Å²) in [6.07, 6.45) is 4.71. The van der Waals surface area contributed by atoms with Crippen molar-refractivity contribution in [2.45, 2.75) is 53.1 Å². The van der Waals surface area contributed by atoms with Crippen molar-refractivity contribution in [2.75, 3.05) is 19.7 Å². The highest BCUT2D eigenvalue weighted by atomic mass is 16.5. The fraction of sp³-hybridized carbons (Fsp3) is 0.478. The molecule has 6 heteroatoms. The van der Waals surface area contributed by atoms with Crippen LogP contribution in [0.1, 0.15) is 44.2 Å². The Bertz CT molecular complexity index is 830. The van der Waals surface area contributed by atoms with E-state index in [-0.39, 0.29) is 5.56 Å². The number of aromatic nitrogens is 1. The van der Waals surface area contributed by atoms with Gasteiger partial charge in [0.05, 0.1) is 13.2 Å². The molecule has 1 heterocycles. The number of rotatable bonds is 11. The number of aryl methyl sites for hydroxylation is 2. The van der Waals surface area contributed by atoms with E-state index in [0.29, 0.717) is 13.2 Å². The predicted octanol–water partition coefficient (Wildman–Crippen LogP) is 3.48. The Hall–Kier alpha value is -2.76. The van der Waals surface area contributed by atoms with Gasteiger partial charge in [0.1, 0.15) is 5.75 Å². The Balaban J connectivity index is 1.86. The van der Waals surface area contributed by atoms with E-state index < -0.39 is 0 Å².